The van der Waals surface area contributed by atoms with Gasteiger partial charge in [0.05, 0.1) is 20.3 Å². The predicted molar refractivity (Wildman–Crippen MR) is 104 cm³/mol. The molecule has 2 saturated heterocycles. The Hall–Kier alpha value is -2.76. The van der Waals surface area contributed by atoms with Gasteiger partial charge in [-0.3, -0.25) is 4.79 Å². The lowest BCUT2D eigenvalue weighted by Gasteiger charge is -2.39. The third-order valence-corrected chi connectivity index (χ3v) is 5.70. The zero-order chi connectivity index (χ0) is 18.8. The normalized spacial score (nSPS) is 21.7. The first kappa shape index (κ1) is 17.6. The minimum atomic E-state index is 0.0440. The molecule has 2 aromatic rings. The third-order valence-electron chi connectivity index (χ3n) is 5.70. The molecule has 4 rings (SSSR count). The van der Waals surface area contributed by atoms with Crippen LogP contribution in [-0.4, -0.2) is 55.7 Å². The van der Waals surface area contributed by atoms with Gasteiger partial charge in [-0.25, -0.2) is 4.98 Å². The Morgan fingerprint density at radius 2 is 1.81 bits per heavy atom. The van der Waals surface area contributed by atoms with Gasteiger partial charge in [0.1, 0.15) is 17.3 Å². The van der Waals surface area contributed by atoms with E-state index in [2.05, 4.69) is 9.88 Å². The number of methoxy groups -OCH3 is 2. The van der Waals surface area contributed by atoms with Crippen LogP contribution in [0.25, 0.3) is 0 Å². The molecule has 2 aliphatic rings. The number of likely N-dealkylation sites (tertiary alicyclic amines) is 1. The Labute approximate surface area is 159 Å². The molecule has 6 nitrogen and oxygen atoms in total. The maximum atomic E-state index is 13.3. The molecular formula is C21H25N3O3. The summed E-state index contributed by atoms with van der Waals surface area (Å²) in [5, 5.41) is 0. The molecule has 2 atom stereocenters. The van der Waals surface area contributed by atoms with Crippen LogP contribution < -0.4 is 14.4 Å². The number of hydrogen-bond donors (Lipinski definition) is 0. The molecule has 3 heterocycles. The van der Waals surface area contributed by atoms with Crippen LogP contribution in [0, 0.1) is 5.92 Å². The van der Waals surface area contributed by atoms with Crippen molar-refractivity contribution in [3.05, 3.63) is 48.2 Å². The molecule has 1 aromatic heterocycles. The van der Waals surface area contributed by atoms with Crippen molar-refractivity contribution in [2.24, 2.45) is 5.92 Å². The second-order valence-corrected chi connectivity index (χ2v) is 7.14. The first-order valence-electron chi connectivity index (χ1n) is 9.39. The van der Waals surface area contributed by atoms with E-state index in [1.807, 2.05) is 29.3 Å². The lowest BCUT2D eigenvalue weighted by molar-refractivity contribution is 0.0711. The van der Waals surface area contributed by atoms with Crippen LogP contribution in [0.2, 0.25) is 0 Å². The molecule has 0 bridgehead atoms. The Balaban J connectivity index is 1.56. The summed E-state index contributed by atoms with van der Waals surface area (Å²) in [7, 11) is 3.20. The Morgan fingerprint density at radius 1 is 1.07 bits per heavy atom. The number of nitrogens with zero attached hydrogens (tertiary/aromatic N) is 3. The number of ether oxygens (including phenoxy) is 2. The molecule has 2 aliphatic heterocycles. The zero-order valence-corrected chi connectivity index (χ0v) is 15.8. The predicted octanol–water partition coefficient (Wildman–Crippen LogP) is 2.84. The number of rotatable bonds is 4. The fourth-order valence-electron chi connectivity index (χ4n) is 4.24. The SMILES string of the molecule is COc1cc(OC)cc(C(=O)N2CCC3CCN(c4ccccn4)CC32)c1. The summed E-state index contributed by atoms with van der Waals surface area (Å²) < 4.78 is 10.6. The van der Waals surface area contributed by atoms with Crippen LogP contribution in [0.1, 0.15) is 23.2 Å². The van der Waals surface area contributed by atoms with Crippen LogP contribution in [-0.2, 0) is 0 Å². The number of carbonyl (C=O) groups is 1. The van der Waals surface area contributed by atoms with Gasteiger partial charge in [0.25, 0.3) is 5.91 Å². The minimum absolute atomic E-state index is 0.0440. The van der Waals surface area contributed by atoms with Crippen molar-refractivity contribution >= 4 is 11.7 Å². The van der Waals surface area contributed by atoms with Crippen molar-refractivity contribution in [2.45, 2.75) is 18.9 Å². The summed E-state index contributed by atoms with van der Waals surface area (Å²) in [5.41, 5.74) is 0.613. The van der Waals surface area contributed by atoms with E-state index in [4.69, 9.17) is 9.47 Å². The van der Waals surface area contributed by atoms with Crippen LogP contribution in [0.3, 0.4) is 0 Å². The average molecular weight is 367 g/mol. The summed E-state index contributed by atoms with van der Waals surface area (Å²) in [6.07, 6.45) is 3.97. The highest BCUT2D eigenvalue weighted by atomic mass is 16.5. The Morgan fingerprint density at radius 3 is 2.48 bits per heavy atom. The molecule has 2 fully saturated rings. The Kier molecular flexibility index (Phi) is 4.88. The highest BCUT2D eigenvalue weighted by Gasteiger charge is 2.41. The van der Waals surface area contributed by atoms with E-state index in [9.17, 15) is 4.79 Å². The van der Waals surface area contributed by atoms with Crippen LogP contribution in [0.15, 0.2) is 42.6 Å². The fraction of sp³-hybridized carbons (Fsp3) is 0.429. The fourth-order valence-corrected chi connectivity index (χ4v) is 4.24. The van der Waals surface area contributed by atoms with Gasteiger partial charge in [-0.1, -0.05) is 6.07 Å². The number of benzene rings is 1. The summed E-state index contributed by atoms with van der Waals surface area (Å²) >= 11 is 0. The maximum absolute atomic E-state index is 13.3. The first-order valence-corrected chi connectivity index (χ1v) is 9.39. The third kappa shape index (κ3) is 3.44. The van der Waals surface area contributed by atoms with Crippen LogP contribution in [0.4, 0.5) is 5.82 Å². The van der Waals surface area contributed by atoms with Gasteiger partial charge in [0, 0.05) is 37.5 Å². The molecule has 142 valence electrons. The number of carbonyl (C=O) groups excluding carboxylic acids is 1. The first-order chi connectivity index (χ1) is 13.2. The second kappa shape index (κ2) is 7.47. The molecule has 6 heteroatoms. The van der Waals surface area contributed by atoms with Gasteiger partial charge in [0.2, 0.25) is 0 Å². The quantitative estimate of drug-likeness (QED) is 0.832. The number of piperidine rings is 1. The van der Waals surface area contributed by atoms with Gasteiger partial charge < -0.3 is 19.3 Å². The van der Waals surface area contributed by atoms with Crippen LogP contribution >= 0.6 is 0 Å². The standard InChI is InChI=1S/C21H25N3O3/c1-26-17-11-16(12-18(13-17)27-2)21(25)24-10-7-15-6-9-23(14-19(15)24)20-5-3-4-8-22-20/h3-5,8,11-13,15,19H,6-7,9-10,14H2,1-2H3. The molecule has 0 saturated carbocycles. The van der Waals surface area contributed by atoms with Crippen molar-refractivity contribution in [3.63, 3.8) is 0 Å². The summed E-state index contributed by atoms with van der Waals surface area (Å²) in [6.45, 7) is 2.62. The molecular weight excluding hydrogens is 342 g/mol. The smallest absolute Gasteiger partial charge is 0.254 e. The van der Waals surface area contributed by atoms with Crippen molar-refractivity contribution in [1.29, 1.82) is 0 Å². The number of pyridine rings is 1. The minimum Gasteiger partial charge on any atom is -0.497 e. The summed E-state index contributed by atoms with van der Waals surface area (Å²) in [6, 6.07) is 11.5. The molecule has 1 aromatic carbocycles. The molecule has 0 radical (unpaired) electrons. The van der Waals surface area contributed by atoms with E-state index in [-0.39, 0.29) is 11.9 Å². The molecule has 1 amide bonds. The van der Waals surface area contributed by atoms with Gasteiger partial charge in [0.15, 0.2) is 0 Å². The van der Waals surface area contributed by atoms with Crippen LogP contribution in [0.5, 0.6) is 11.5 Å². The summed E-state index contributed by atoms with van der Waals surface area (Å²) in [5.74, 6) is 2.85. The molecule has 0 spiro atoms. The highest BCUT2D eigenvalue weighted by molar-refractivity contribution is 5.95. The molecule has 2 unspecified atom stereocenters. The monoisotopic (exact) mass is 367 g/mol. The number of hydrogen-bond acceptors (Lipinski definition) is 5. The van der Waals surface area contributed by atoms with Crippen molar-refractivity contribution < 1.29 is 14.3 Å². The maximum Gasteiger partial charge on any atom is 0.254 e. The van der Waals surface area contributed by atoms with E-state index >= 15 is 0 Å². The van der Waals surface area contributed by atoms with Crippen molar-refractivity contribution in [3.8, 4) is 11.5 Å². The lowest BCUT2D eigenvalue weighted by atomic mass is 9.92. The van der Waals surface area contributed by atoms with E-state index in [1.165, 1.54) is 0 Å². The number of aromatic nitrogens is 1. The largest absolute Gasteiger partial charge is 0.497 e. The van der Waals surface area contributed by atoms with Crippen molar-refractivity contribution in [1.82, 2.24) is 9.88 Å². The number of amides is 1. The zero-order valence-electron chi connectivity index (χ0n) is 15.8. The highest BCUT2D eigenvalue weighted by Crippen LogP contribution is 2.35. The second-order valence-electron chi connectivity index (χ2n) is 7.14. The van der Waals surface area contributed by atoms with E-state index < -0.39 is 0 Å². The molecule has 0 aliphatic carbocycles. The van der Waals surface area contributed by atoms with Gasteiger partial charge in [-0.15, -0.1) is 0 Å². The van der Waals surface area contributed by atoms with Gasteiger partial charge in [-0.05, 0) is 43.0 Å². The number of fused-ring (bicyclic) bond motifs is 1. The summed E-state index contributed by atoms with van der Waals surface area (Å²) in [4.78, 5) is 22.1. The Bertz CT molecular complexity index is 789. The van der Waals surface area contributed by atoms with Gasteiger partial charge in [-0.2, -0.15) is 0 Å². The molecule has 27 heavy (non-hydrogen) atoms. The average Bonchev–Trinajstić information content (AvgIpc) is 3.16. The van der Waals surface area contributed by atoms with Gasteiger partial charge >= 0.3 is 0 Å². The topological polar surface area (TPSA) is 54.9 Å². The lowest BCUT2D eigenvalue weighted by Crippen LogP contribution is -2.50. The van der Waals surface area contributed by atoms with Crippen molar-refractivity contribution in [2.75, 3.05) is 38.8 Å². The van der Waals surface area contributed by atoms with E-state index in [1.54, 1.807) is 32.4 Å². The molecule has 0 N–H and O–H groups in total. The van der Waals surface area contributed by atoms with E-state index in [0.29, 0.717) is 23.0 Å². The van der Waals surface area contributed by atoms with E-state index in [0.717, 1.165) is 38.3 Å². The number of anilines is 1.